The van der Waals surface area contributed by atoms with Gasteiger partial charge < -0.3 is 5.32 Å². The summed E-state index contributed by atoms with van der Waals surface area (Å²) in [7, 11) is 0. The van der Waals surface area contributed by atoms with Crippen LogP contribution in [0.25, 0.3) is 0 Å². The van der Waals surface area contributed by atoms with E-state index in [9.17, 15) is 4.79 Å². The molecular weight excluding hydrogens is 262 g/mol. The van der Waals surface area contributed by atoms with Gasteiger partial charge >= 0.3 is 0 Å². The summed E-state index contributed by atoms with van der Waals surface area (Å²) in [6.07, 6.45) is 1.88. The van der Waals surface area contributed by atoms with Crippen molar-refractivity contribution >= 4 is 5.91 Å². The average Bonchev–Trinajstić information content (AvgIpc) is 2.86. The van der Waals surface area contributed by atoms with Crippen molar-refractivity contribution in [2.75, 3.05) is 6.54 Å². The first-order valence-electron chi connectivity index (χ1n) is 7.44. The van der Waals surface area contributed by atoms with Gasteiger partial charge in [0.05, 0.1) is 12.1 Å². The van der Waals surface area contributed by atoms with Crippen LogP contribution in [-0.4, -0.2) is 28.9 Å². The molecule has 1 N–H and O–H groups in total. The van der Waals surface area contributed by atoms with Gasteiger partial charge in [0.2, 0.25) is 5.91 Å². The lowest BCUT2D eigenvalue weighted by Gasteiger charge is -2.27. The fraction of sp³-hybridized carbons (Fsp3) is 0.529. The third kappa shape index (κ3) is 4.05. The van der Waals surface area contributed by atoms with Crippen molar-refractivity contribution in [3.8, 4) is 6.07 Å². The van der Waals surface area contributed by atoms with Crippen LogP contribution in [-0.2, 0) is 11.3 Å². The van der Waals surface area contributed by atoms with Crippen molar-refractivity contribution in [1.29, 1.82) is 5.26 Å². The van der Waals surface area contributed by atoms with Gasteiger partial charge in [-0.2, -0.15) is 5.26 Å². The highest BCUT2D eigenvalue weighted by molar-refractivity contribution is 5.83. The molecule has 1 unspecified atom stereocenters. The minimum Gasteiger partial charge on any atom is -0.337 e. The molecule has 0 aliphatic carbocycles. The summed E-state index contributed by atoms with van der Waals surface area (Å²) in [6.45, 7) is 7.24. The summed E-state index contributed by atoms with van der Waals surface area (Å²) >= 11 is 0. The van der Waals surface area contributed by atoms with E-state index in [0.29, 0.717) is 0 Å². The van der Waals surface area contributed by atoms with Crippen LogP contribution in [0.5, 0.6) is 0 Å². The van der Waals surface area contributed by atoms with Crippen molar-refractivity contribution < 1.29 is 4.79 Å². The van der Waals surface area contributed by atoms with Crippen LogP contribution >= 0.6 is 0 Å². The number of likely N-dealkylation sites (tertiary alicyclic amines) is 1. The number of aryl methyl sites for hydroxylation is 1. The zero-order valence-electron chi connectivity index (χ0n) is 13.0. The van der Waals surface area contributed by atoms with Crippen molar-refractivity contribution in [1.82, 2.24) is 10.2 Å². The van der Waals surface area contributed by atoms with Crippen LogP contribution in [0.4, 0.5) is 0 Å². The smallest absolute Gasteiger partial charge is 0.238 e. The van der Waals surface area contributed by atoms with Crippen LogP contribution in [0.3, 0.4) is 0 Å². The van der Waals surface area contributed by atoms with Gasteiger partial charge in [0, 0.05) is 6.54 Å². The number of carbonyl (C=O) groups is 1. The molecule has 0 bridgehead atoms. The van der Waals surface area contributed by atoms with Gasteiger partial charge in [-0.05, 0) is 45.7 Å². The molecule has 1 aromatic carbocycles. The van der Waals surface area contributed by atoms with Crippen molar-refractivity contribution in [2.24, 2.45) is 0 Å². The third-order valence-corrected chi connectivity index (χ3v) is 3.85. The molecular formula is C17H23N3O. The molecule has 21 heavy (non-hydrogen) atoms. The quantitative estimate of drug-likeness (QED) is 0.924. The van der Waals surface area contributed by atoms with Gasteiger partial charge in [0.1, 0.15) is 5.54 Å². The normalized spacial score (nSPS) is 19.2. The second kappa shape index (κ2) is 6.28. The number of hydrogen-bond acceptors (Lipinski definition) is 3. The number of nitrogens with one attached hydrogen (secondary N) is 1. The zero-order chi connectivity index (χ0) is 15.5. The highest BCUT2D eigenvalue weighted by Gasteiger charge is 2.33. The summed E-state index contributed by atoms with van der Waals surface area (Å²) in [6, 6.07) is 10.4. The van der Waals surface area contributed by atoms with Crippen molar-refractivity contribution in [3.05, 3.63) is 35.4 Å². The van der Waals surface area contributed by atoms with E-state index in [1.807, 2.05) is 0 Å². The van der Waals surface area contributed by atoms with Crippen LogP contribution in [0.2, 0.25) is 0 Å². The number of carbonyl (C=O) groups excluding carboxylic acids is 1. The minimum atomic E-state index is -0.811. The molecule has 0 radical (unpaired) electrons. The number of nitrogens with zero attached hydrogens (tertiary/aromatic N) is 2. The fourth-order valence-corrected chi connectivity index (χ4v) is 2.78. The average molecular weight is 285 g/mol. The summed E-state index contributed by atoms with van der Waals surface area (Å²) in [5, 5.41) is 11.9. The molecule has 1 aliphatic rings. The van der Waals surface area contributed by atoms with E-state index >= 15 is 0 Å². The van der Waals surface area contributed by atoms with E-state index in [1.165, 1.54) is 11.1 Å². The van der Waals surface area contributed by atoms with Crippen LogP contribution in [0.15, 0.2) is 24.3 Å². The molecule has 1 amide bonds. The molecule has 2 rings (SSSR count). The van der Waals surface area contributed by atoms with Gasteiger partial charge in [-0.25, -0.2) is 0 Å². The van der Waals surface area contributed by atoms with Gasteiger partial charge in [-0.1, -0.05) is 29.8 Å². The Morgan fingerprint density at radius 2 is 2.29 bits per heavy atom. The van der Waals surface area contributed by atoms with Crippen LogP contribution < -0.4 is 5.32 Å². The molecule has 0 aromatic heterocycles. The standard InChI is InChI=1S/C17H23N3O/c1-13-6-4-7-14(10-13)11-20-9-5-8-15(20)16(21)19-17(2,3)12-18/h4,6-7,10,15H,5,8-9,11H2,1-3H3,(H,19,21). The Labute approximate surface area is 126 Å². The Kier molecular flexibility index (Phi) is 4.64. The van der Waals surface area contributed by atoms with E-state index in [-0.39, 0.29) is 11.9 Å². The Hall–Kier alpha value is -1.86. The summed E-state index contributed by atoms with van der Waals surface area (Å²) in [5.74, 6) is -0.0355. The Bertz CT molecular complexity index is 559. The summed E-state index contributed by atoms with van der Waals surface area (Å²) in [4.78, 5) is 14.6. The Morgan fingerprint density at radius 3 is 2.95 bits per heavy atom. The van der Waals surface area contributed by atoms with E-state index in [2.05, 4.69) is 47.5 Å². The molecule has 4 heteroatoms. The summed E-state index contributed by atoms with van der Waals surface area (Å²) in [5.41, 5.74) is 1.65. The molecule has 1 atom stereocenters. The van der Waals surface area contributed by atoms with E-state index in [1.54, 1.807) is 13.8 Å². The predicted molar refractivity (Wildman–Crippen MR) is 82.4 cm³/mol. The second-order valence-electron chi connectivity index (χ2n) is 6.34. The molecule has 1 saturated heterocycles. The summed E-state index contributed by atoms with van der Waals surface area (Å²) < 4.78 is 0. The number of amides is 1. The lowest BCUT2D eigenvalue weighted by atomic mass is 10.1. The van der Waals surface area contributed by atoms with Gasteiger partial charge in [0.15, 0.2) is 0 Å². The molecule has 1 fully saturated rings. The van der Waals surface area contributed by atoms with E-state index in [0.717, 1.165) is 25.9 Å². The molecule has 0 spiro atoms. The Morgan fingerprint density at radius 1 is 1.52 bits per heavy atom. The van der Waals surface area contributed by atoms with Gasteiger partial charge in [-0.3, -0.25) is 9.69 Å². The number of benzene rings is 1. The maximum absolute atomic E-state index is 12.4. The minimum absolute atomic E-state index is 0.0355. The first-order chi connectivity index (χ1) is 9.91. The maximum Gasteiger partial charge on any atom is 0.238 e. The second-order valence-corrected chi connectivity index (χ2v) is 6.34. The van der Waals surface area contributed by atoms with E-state index in [4.69, 9.17) is 5.26 Å². The SMILES string of the molecule is Cc1cccc(CN2CCCC2C(=O)NC(C)(C)C#N)c1. The number of hydrogen-bond donors (Lipinski definition) is 1. The Balaban J connectivity index is 2.03. The highest BCUT2D eigenvalue weighted by Crippen LogP contribution is 2.21. The zero-order valence-corrected chi connectivity index (χ0v) is 13.0. The monoisotopic (exact) mass is 285 g/mol. The fourth-order valence-electron chi connectivity index (χ4n) is 2.78. The first-order valence-corrected chi connectivity index (χ1v) is 7.44. The van der Waals surface area contributed by atoms with Gasteiger partial charge in [-0.15, -0.1) is 0 Å². The molecule has 112 valence electrons. The van der Waals surface area contributed by atoms with Crippen LogP contribution in [0.1, 0.15) is 37.8 Å². The van der Waals surface area contributed by atoms with Crippen LogP contribution in [0, 0.1) is 18.3 Å². The largest absolute Gasteiger partial charge is 0.337 e. The number of rotatable bonds is 4. The predicted octanol–water partition coefficient (Wildman–Crippen LogP) is 2.38. The first kappa shape index (κ1) is 15.5. The topological polar surface area (TPSA) is 56.1 Å². The molecule has 1 heterocycles. The van der Waals surface area contributed by atoms with Gasteiger partial charge in [0.25, 0.3) is 0 Å². The molecule has 4 nitrogen and oxygen atoms in total. The lowest BCUT2D eigenvalue weighted by Crippen LogP contribution is -2.50. The lowest BCUT2D eigenvalue weighted by molar-refractivity contribution is -0.126. The van der Waals surface area contributed by atoms with Crippen molar-refractivity contribution in [3.63, 3.8) is 0 Å². The highest BCUT2D eigenvalue weighted by atomic mass is 16.2. The number of nitriles is 1. The van der Waals surface area contributed by atoms with E-state index < -0.39 is 5.54 Å². The van der Waals surface area contributed by atoms with Crippen molar-refractivity contribution in [2.45, 2.75) is 51.7 Å². The molecule has 1 aromatic rings. The maximum atomic E-state index is 12.4. The third-order valence-electron chi connectivity index (χ3n) is 3.85. The molecule has 0 saturated carbocycles. The molecule has 1 aliphatic heterocycles.